The van der Waals surface area contributed by atoms with Crippen LogP contribution in [-0.4, -0.2) is 33.7 Å². The van der Waals surface area contributed by atoms with E-state index in [4.69, 9.17) is 0 Å². The molecular formula is C15H21N5. The van der Waals surface area contributed by atoms with Gasteiger partial charge in [0.05, 0.1) is 0 Å². The molecule has 3 heterocycles. The predicted octanol–water partition coefficient (Wildman–Crippen LogP) is 1.57. The second-order valence-electron chi connectivity index (χ2n) is 5.33. The molecule has 0 radical (unpaired) electrons. The van der Waals surface area contributed by atoms with Crippen LogP contribution < -0.4 is 10.2 Å². The number of aryl methyl sites for hydroxylation is 1. The zero-order valence-electron chi connectivity index (χ0n) is 11.9. The molecule has 1 unspecified atom stereocenters. The van der Waals surface area contributed by atoms with E-state index in [2.05, 4.69) is 50.1 Å². The minimum atomic E-state index is 0.502. The van der Waals surface area contributed by atoms with E-state index in [0.29, 0.717) is 6.04 Å². The van der Waals surface area contributed by atoms with E-state index in [-0.39, 0.29) is 0 Å². The number of aromatic nitrogens is 3. The van der Waals surface area contributed by atoms with Crippen molar-refractivity contribution in [2.24, 2.45) is 7.05 Å². The first-order chi connectivity index (χ1) is 9.83. The Balaban J connectivity index is 1.57. The molecule has 0 aliphatic carbocycles. The molecule has 0 aromatic carbocycles. The Hall–Kier alpha value is -1.88. The third-order valence-corrected chi connectivity index (χ3v) is 3.88. The number of rotatable bonds is 4. The van der Waals surface area contributed by atoms with Crippen molar-refractivity contribution in [3.05, 3.63) is 42.5 Å². The van der Waals surface area contributed by atoms with Gasteiger partial charge in [0.25, 0.3) is 0 Å². The molecule has 20 heavy (non-hydrogen) atoms. The van der Waals surface area contributed by atoms with Crippen LogP contribution in [0.4, 0.5) is 5.95 Å². The summed E-state index contributed by atoms with van der Waals surface area (Å²) in [4.78, 5) is 11.0. The van der Waals surface area contributed by atoms with Crippen molar-refractivity contribution in [3.63, 3.8) is 0 Å². The van der Waals surface area contributed by atoms with E-state index >= 15 is 0 Å². The van der Waals surface area contributed by atoms with E-state index in [1.807, 2.05) is 18.5 Å². The third-order valence-electron chi connectivity index (χ3n) is 3.88. The van der Waals surface area contributed by atoms with Crippen molar-refractivity contribution < 1.29 is 0 Å². The van der Waals surface area contributed by atoms with Crippen molar-refractivity contribution in [2.75, 3.05) is 18.0 Å². The molecular weight excluding hydrogens is 250 g/mol. The second kappa shape index (κ2) is 6.05. The largest absolute Gasteiger partial charge is 0.353 e. The summed E-state index contributed by atoms with van der Waals surface area (Å²) < 4.78 is 2.16. The molecule has 0 spiro atoms. The molecule has 1 aliphatic heterocycles. The zero-order valence-corrected chi connectivity index (χ0v) is 11.9. The average molecular weight is 271 g/mol. The molecule has 5 nitrogen and oxygen atoms in total. The highest BCUT2D eigenvalue weighted by molar-refractivity contribution is 5.29. The monoisotopic (exact) mass is 271 g/mol. The van der Waals surface area contributed by atoms with Gasteiger partial charge in [-0.05, 0) is 31.0 Å². The molecule has 0 saturated carbocycles. The Kier molecular flexibility index (Phi) is 3.97. The van der Waals surface area contributed by atoms with Gasteiger partial charge >= 0.3 is 0 Å². The molecule has 1 fully saturated rings. The molecule has 1 N–H and O–H groups in total. The quantitative estimate of drug-likeness (QED) is 0.917. The standard InChI is InChI=1S/C15H21N5/c1-19-9-3-6-14(19)11-18-13-5-2-10-20(12-13)15-16-7-4-8-17-15/h3-4,6-9,13,18H,2,5,10-12H2,1H3. The van der Waals surface area contributed by atoms with Crippen LogP contribution in [0.5, 0.6) is 0 Å². The van der Waals surface area contributed by atoms with E-state index in [1.54, 1.807) is 0 Å². The summed E-state index contributed by atoms with van der Waals surface area (Å²) in [6.07, 6.45) is 8.10. The highest BCUT2D eigenvalue weighted by Crippen LogP contribution is 2.15. The topological polar surface area (TPSA) is 46.0 Å². The Morgan fingerprint density at radius 3 is 2.90 bits per heavy atom. The molecule has 1 saturated heterocycles. The van der Waals surface area contributed by atoms with Gasteiger partial charge in [-0.25, -0.2) is 9.97 Å². The van der Waals surface area contributed by atoms with Gasteiger partial charge in [0.2, 0.25) is 5.95 Å². The summed E-state index contributed by atoms with van der Waals surface area (Å²) in [6, 6.07) is 6.61. The van der Waals surface area contributed by atoms with Gasteiger partial charge in [-0.3, -0.25) is 0 Å². The summed E-state index contributed by atoms with van der Waals surface area (Å²) in [5.41, 5.74) is 1.32. The van der Waals surface area contributed by atoms with Crippen molar-refractivity contribution in [3.8, 4) is 0 Å². The van der Waals surface area contributed by atoms with Crippen molar-refractivity contribution >= 4 is 5.95 Å². The van der Waals surface area contributed by atoms with Gasteiger partial charge in [0, 0.05) is 57.0 Å². The molecule has 3 rings (SSSR count). The van der Waals surface area contributed by atoms with Crippen molar-refractivity contribution in [1.29, 1.82) is 0 Å². The third kappa shape index (κ3) is 2.99. The van der Waals surface area contributed by atoms with Crippen LogP contribution in [0.15, 0.2) is 36.8 Å². The van der Waals surface area contributed by atoms with E-state index < -0.39 is 0 Å². The lowest BCUT2D eigenvalue weighted by Gasteiger charge is -2.33. The Morgan fingerprint density at radius 1 is 1.30 bits per heavy atom. The van der Waals surface area contributed by atoms with Crippen LogP contribution in [0, 0.1) is 0 Å². The van der Waals surface area contributed by atoms with Gasteiger partial charge in [-0.2, -0.15) is 0 Å². The fourth-order valence-corrected chi connectivity index (χ4v) is 2.71. The van der Waals surface area contributed by atoms with E-state index in [1.165, 1.54) is 18.5 Å². The fraction of sp³-hybridized carbons (Fsp3) is 0.467. The molecule has 106 valence electrons. The first-order valence-electron chi connectivity index (χ1n) is 7.18. The predicted molar refractivity (Wildman–Crippen MR) is 79.5 cm³/mol. The Morgan fingerprint density at radius 2 is 2.15 bits per heavy atom. The van der Waals surface area contributed by atoms with Gasteiger partial charge < -0.3 is 14.8 Å². The highest BCUT2D eigenvalue weighted by atomic mass is 15.3. The molecule has 1 aliphatic rings. The van der Waals surface area contributed by atoms with Gasteiger partial charge in [-0.1, -0.05) is 0 Å². The number of hydrogen-bond acceptors (Lipinski definition) is 4. The maximum absolute atomic E-state index is 4.34. The van der Waals surface area contributed by atoms with E-state index in [9.17, 15) is 0 Å². The first kappa shape index (κ1) is 13.1. The second-order valence-corrected chi connectivity index (χ2v) is 5.33. The zero-order chi connectivity index (χ0) is 13.8. The van der Waals surface area contributed by atoms with Crippen LogP contribution in [0.1, 0.15) is 18.5 Å². The number of nitrogens with zero attached hydrogens (tertiary/aromatic N) is 4. The van der Waals surface area contributed by atoms with Crippen LogP contribution in [-0.2, 0) is 13.6 Å². The summed E-state index contributed by atoms with van der Waals surface area (Å²) in [5.74, 6) is 0.845. The van der Waals surface area contributed by atoms with Crippen LogP contribution in [0.3, 0.4) is 0 Å². The van der Waals surface area contributed by atoms with E-state index in [0.717, 1.165) is 25.6 Å². The van der Waals surface area contributed by atoms with Crippen molar-refractivity contribution in [1.82, 2.24) is 19.9 Å². The molecule has 2 aromatic heterocycles. The summed E-state index contributed by atoms with van der Waals surface area (Å²) >= 11 is 0. The lowest BCUT2D eigenvalue weighted by atomic mass is 10.1. The van der Waals surface area contributed by atoms with Crippen LogP contribution in [0.25, 0.3) is 0 Å². The summed E-state index contributed by atoms with van der Waals surface area (Å²) in [6.45, 7) is 2.94. The van der Waals surface area contributed by atoms with Crippen LogP contribution >= 0.6 is 0 Å². The normalized spacial score (nSPS) is 19.2. The van der Waals surface area contributed by atoms with Gasteiger partial charge in [0.1, 0.15) is 0 Å². The van der Waals surface area contributed by atoms with Crippen molar-refractivity contribution in [2.45, 2.75) is 25.4 Å². The average Bonchev–Trinajstić information content (AvgIpc) is 2.92. The fourth-order valence-electron chi connectivity index (χ4n) is 2.71. The molecule has 0 bridgehead atoms. The Labute approximate surface area is 119 Å². The minimum absolute atomic E-state index is 0.502. The summed E-state index contributed by atoms with van der Waals surface area (Å²) in [7, 11) is 2.09. The molecule has 5 heteroatoms. The Bertz CT molecular complexity index is 536. The number of anilines is 1. The van der Waals surface area contributed by atoms with Gasteiger partial charge in [-0.15, -0.1) is 0 Å². The maximum atomic E-state index is 4.34. The number of nitrogens with one attached hydrogen (secondary N) is 1. The molecule has 2 aromatic rings. The number of piperidine rings is 1. The first-order valence-corrected chi connectivity index (χ1v) is 7.18. The molecule has 1 atom stereocenters. The lowest BCUT2D eigenvalue weighted by Crippen LogP contribution is -2.46. The molecule has 0 amide bonds. The SMILES string of the molecule is Cn1cccc1CNC1CCCN(c2ncccn2)C1. The summed E-state index contributed by atoms with van der Waals surface area (Å²) in [5, 5.41) is 3.65. The number of hydrogen-bond donors (Lipinski definition) is 1. The lowest BCUT2D eigenvalue weighted by molar-refractivity contribution is 0.414. The minimum Gasteiger partial charge on any atom is -0.353 e. The smallest absolute Gasteiger partial charge is 0.225 e. The van der Waals surface area contributed by atoms with Crippen LogP contribution in [0.2, 0.25) is 0 Å². The van der Waals surface area contributed by atoms with Gasteiger partial charge in [0.15, 0.2) is 0 Å². The highest BCUT2D eigenvalue weighted by Gasteiger charge is 2.21. The maximum Gasteiger partial charge on any atom is 0.225 e.